The Morgan fingerprint density at radius 1 is 1.42 bits per heavy atom. The number of hydrogen-bond donors (Lipinski definition) is 1. The second kappa shape index (κ2) is 8.95. The summed E-state index contributed by atoms with van der Waals surface area (Å²) in [5, 5.41) is 6.14. The first-order valence-electron chi connectivity index (χ1n) is 9.63. The molecule has 2 fully saturated rings. The van der Waals surface area contributed by atoms with Crippen molar-refractivity contribution in [3.05, 3.63) is 16.1 Å². The quantitative estimate of drug-likeness (QED) is 0.822. The van der Waals surface area contributed by atoms with Crippen molar-refractivity contribution in [2.75, 3.05) is 32.8 Å². The highest BCUT2D eigenvalue weighted by Gasteiger charge is 2.32. The maximum Gasteiger partial charge on any atom is 0.228 e. The highest BCUT2D eigenvalue weighted by atomic mass is 32.1. The van der Waals surface area contributed by atoms with Crippen LogP contribution in [0.25, 0.3) is 0 Å². The van der Waals surface area contributed by atoms with Gasteiger partial charge in [-0.2, -0.15) is 0 Å². The molecule has 2 atom stereocenters. The average molecular weight is 380 g/mol. The third-order valence-corrected chi connectivity index (χ3v) is 6.19. The fourth-order valence-electron chi connectivity index (χ4n) is 3.51. The molecule has 0 aliphatic carbocycles. The minimum Gasteiger partial charge on any atom is -0.381 e. The van der Waals surface area contributed by atoms with E-state index in [2.05, 4.69) is 10.7 Å². The highest BCUT2D eigenvalue weighted by Crippen LogP contribution is 2.30. The van der Waals surface area contributed by atoms with Gasteiger partial charge in [-0.1, -0.05) is 13.8 Å². The molecule has 26 heavy (non-hydrogen) atoms. The van der Waals surface area contributed by atoms with Gasteiger partial charge in [-0.25, -0.2) is 4.98 Å². The van der Waals surface area contributed by atoms with Crippen molar-refractivity contribution < 1.29 is 14.3 Å². The molecule has 0 spiro atoms. The van der Waals surface area contributed by atoms with E-state index in [0.717, 1.165) is 49.5 Å². The van der Waals surface area contributed by atoms with E-state index >= 15 is 0 Å². The number of ether oxygens (including phenoxy) is 1. The number of likely N-dealkylation sites (tertiary alicyclic amines) is 1. The van der Waals surface area contributed by atoms with Crippen LogP contribution in [-0.4, -0.2) is 54.5 Å². The molecule has 2 aliphatic heterocycles. The number of carbonyl (C=O) groups is 2. The van der Waals surface area contributed by atoms with Crippen LogP contribution in [0.5, 0.6) is 0 Å². The molecule has 0 saturated carbocycles. The smallest absolute Gasteiger partial charge is 0.228 e. The van der Waals surface area contributed by atoms with Crippen LogP contribution in [-0.2, 0) is 20.7 Å². The lowest BCUT2D eigenvalue weighted by Crippen LogP contribution is -2.42. The Bertz CT molecular complexity index is 625. The van der Waals surface area contributed by atoms with Crippen molar-refractivity contribution >= 4 is 23.2 Å². The van der Waals surface area contributed by atoms with Gasteiger partial charge in [-0.15, -0.1) is 11.3 Å². The number of hydrogen-bond acceptors (Lipinski definition) is 5. The van der Waals surface area contributed by atoms with Crippen molar-refractivity contribution in [2.24, 2.45) is 11.8 Å². The average Bonchev–Trinajstić information content (AvgIpc) is 3.33. The number of carbonyl (C=O) groups excluding carboxylic acids is 2. The topological polar surface area (TPSA) is 71.5 Å². The first-order chi connectivity index (χ1) is 12.5. The number of amides is 2. The van der Waals surface area contributed by atoms with Gasteiger partial charge in [0.05, 0.1) is 23.2 Å². The van der Waals surface area contributed by atoms with E-state index in [-0.39, 0.29) is 23.7 Å². The molecular weight excluding hydrogens is 350 g/mol. The summed E-state index contributed by atoms with van der Waals surface area (Å²) in [6.45, 7) is 7.31. The molecule has 6 nitrogen and oxygen atoms in total. The zero-order chi connectivity index (χ0) is 18.5. The van der Waals surface area contributed by atoms with Gasteiger partial charge in [0.2, 0.25) is 11.8 Å². The van der Waals surface area contributed by atoms with Gasteiger partial charge >= 0.3 is 0 Å². The van der Waals surface area contributed by atoms with Gasteiger partial charge in [0.15, 0.2) is 0 Å². The second-order valence-electron chi connectivity index (χ2n) is 7.56. The third-order valence-electron chi connectivity index (χ3n) is 5.14. The van der Waals surface area contributed by atoms with Crippen LogP contribution in [0.1, 0.15) is 49.7 Å². The summed E-state index contributed by atoms with van der Waals surface area (Å²) in [7, 11) is 0. The Labute approximate surface area is 159 Å². The first kappa shape index (κ1) is 19.3. The Kier molecular flexibility index (Phi) is 6.64. The van der Waals surface area contributed by atoms with Crippen LogP contribution >= 0.6 is 11.3 Å². The molecule has 1 N–H and O–H groups in total. The summed E-state index contributed by atoms with van der Waals surface area (Å²) in [6.07, 6.45) is 3.72. The summed E-state index contributed by atoms with van der Waals surface area (Å²) in [5.41, 5.74) is 1.03. The molecule has 3 rings (SSSR count). The van der Waals surface area contributed by atoms with Gasteiger partial charge in [-0.05, 0) is 19.3 Å². The lowest BCUT2D eigenvalue weighted by molar-refractivity contribution is -0.136. The Morgan fingerprint density at radius 3 is 3.00 bits per heavy atom. The predicted molar refractivity (Wildman–Crippen MR) is 101 cm³/mol. The molecule has 2 saturated heterocycles. The molecule has 0 radical (unpaired) electrons. The maximum absolute atomic E-state index is 12.6. The van der Waals surface area contributed by atoms with E-state index < -0.39 is 0 Å². The predicted octanol–water partition coefficient (Wildman–Crippen LogP) is 2.20. The Hall–Kier alpha value is -1.47. The van der Waals surface area contributed by atoms with E-state index in [1.165, 1.54) is 0 Å². The number of thiazole rings is 1. The van der Waals surface area contributed by atoms with Crippen LogP contribution in [0.2, 0.25) is 0 Å². The Morgan fingerprint density at radius 2 is 2.27 bits per heavy atom. The maximum atomic E-state index is 12.6. The van der Waals surface area contributed by atoms with Gasteiger partial charge in [-0.3, -0.25) is 9.59 Å². The number of nitrogens with zero attached hydrogens (tertiary/aromatic N) is 2. The fraction of sp³-hybridized carbons (Fsp3) is 0.737. The van der Waals surface area contributed by atoms with Crippen molar-refractivity contribution in [2.45, 2.75) is 45.4 Å². The molecule has 7 heteroatoms. The van der Waals surface area contributed by atoms with E-state index in [1.54, 1.807) is 11.3 Å². The van der Waals surface area contributed by atoms with E-state index in [9.17, 15) is 9.59 Å². The fourth-order valence-corrected chi connectivity index (χ4v) is 4.49. The molecule has 0 bridgehead atoms. The molecule has 1 aromatic rings. The van der Waals surface area contributed by atoms with E-state index in [1.807, 2.05) is 18.7 Å². The minimum atomic E-state index is 0.0111. The summed E-state index contributed by atoms with van der Waals surface area (Å²) in [6, 6.07) is 0. The van der Waals surface area contributed by atoms with Crippen molar-refractivity contribution in [1.29, 1.82) is 0 Å². The number of rotatable bonds is 6. The summed E-state index contributed by atoms with van der Waals surface area (Å²) < 4.78 is 5.37. The molecule has 1 aromatic heterocycles. The standard InChI is InChI=1S/C19H29N3O3S/c1-13(2)17(23)20-7-5-16-12-26-18(21-16)14-4-3-8-22(10-14)19(24)15-6-9-25-11-15/h12-15H,3-11H2,1-2H3,(H,20,23)/t14-,15-/m0/s1. The lowest BCUT2D eigenvalue weighted by Gasteiger charge is -2.33. The van der Waals surface area contributed by atoms with Gasteiger partial charge in [0, 0.05) is 49.9 Å². The third kappa shape index (κ3) is 4.82. The second-order valence-corrected chi connectivity index (χ2v) is 8.45. The molecule has 2 amide bonds. The first-order valence-corrected chi connectivity index (χ1v) is 10.5. The molecule has 0 aromatic carbocycles. The van der Waals surface area contributed by atoms with Crippen LogP contribution < -0.4 is 5.32 Å². The van der Waals surface area contributed by atoms with Crippen molar-refractivity contribution in [1.82, 2.24) is 15.2 Å². The lowest BCUT2D eigenvalue weighted by atomic mass is 9.97. The molecular formula is C19H29N3O3S. The Balaban J connectivity index is 1.51. The van der Waals surface area contributed by atoms with Gasteiger partial charge in [0.25, 0.3) is 0 Å². The largest absolute Gasteiger partial charge is 0.381 e. The van der Waals surface area contributed by atoms with Gasteiger partial charge < -0.3 is 15.0 Å². The summed E-state index contributed by atoms with van der Waals surface area (Å²) >= 11 is 1.68. The van der Waals surface area contributed by atoms with Crippen LogP contribution in [0.15, 0.2) is 5.38 Å². The van der Waals surface area contributed by atoms with E-state index in [0.29, 0.717) is 25.7 Å². The van der Waals surface area contributed by atoms with Crippen molar-refractivity contribution in [3.8, 4) is 0 Å². The molecule has 0 unspecified atom stereocenters. The number of piperidine rings is 1. The zero-order valence-corrected chi connectivity index (χ0v) is 16.5. The minimum absolute atomic E-state index is 0.0111. The molecule has 144 valence electrons. The zero-order valence-electron chi connectivity index (χ0n) is 15.7. The van der Waals surface area contributed by atoms with Crippen LogP contribution in [0.4, 0.5) is 0 Å². The van der Waals surface area contributed by atoms with E-state index in [4.69, 9.17) is 9.72 Å². The number of aromatic nitrogens is 1. The summed E-state index contributed by atoms with van der Waals surface area (Å²) in [4.78, 5) is 31.0. The molecule has 2 aliphatic rings. The summed E-state index contributed by atoms with van der Waals surface area (Å²) in [5.74, 6) is 0.722. The SMILES string of the molecule is CC(C)C(=O)NCCc1csc([C@H]2CCCN(C(=O)[C@H]3CCOC3)C2)n1. The van der Waals surface area contributed by atoms with Crippen LogP contribution in [0, 0.1) is 11.8 Å². The van der Waals surface area contributed by atoms with Crippen molar-refractivity contribution in [3.63, 3.8) is 0 Å². The number of nitrogens with one attached hydrogen (secondary N) is 1. The molecule has 3 heterocycles. The van der Waals surface area contributed by atoms with Crippen LogP contribution in [0.3, 0.4) is 0 Å². The van der Waals surface area contributed by atoms with Gasteiger partial charge in [0.1, 0.15) is 0 Å². The highest BCUT2D eigenvalue weighted by molar-refractivity contribution is 7.09. The monoisotopic (exact) mass is 379 g/mol. The normalized spacial score (nSPS) is 23.4.